The summed E-state index contributed by atoms with van der Waals surface area (Å²) in [4.78, 5) is 28.3. The summed E-state index contributed by atoms with van der Waals surface area (Å²) in [5.41, 5.74) is 1.69. The number of para-hydroxylation sites is 1. The smallest absolute Gasteiger partial charge is 0.264 e. The summed E-state index contributed by atoms with van der Waals surface area (Å²) < 4.78 is 28.7. The lowest BCUT2D eigenvalue weighted by atomic mass is 10.1. The quantitative estimate of drug-likeness (QED) is 0.330. The van der Waals surface area contributed by atoms with Gasteiger partial charge in [-0.25, -0.2) is 8.42 Å². The van der Waals surface area contributed by atoms with Gasteiger partial charge in [-0.3, -0.25) is 13.9 Å². The van der Waals surface area contributed by atoms with Gasteiger partial charge in [-0.2, -0.15) is 0 Å². The number of sulfonamides is 1. The van der Waals surface area contributed by atoms with E-state index < -0.39 is 28.5 Å². The number of carbonyl (C=O) groups excluding carboxylic acids is 2. The molecule has 0 aromatic heterocycles. The first-order chi connectivity index (χ1) is 18.1. The van der Waals surface area contributed by atoms with Crippen LogP contribution in [0.15, 0.2) is 77.7 Å². The van der Waals surface area contributed by atoms with Gasteiger partial charge in [-0.15, -0.1) is 0 Å². The van der Waals surface area contributed by atoms with Crippen molar-refractivity contribution in [3.63, 3.8) is 0 Å². The minimum atomic E-state index is -4.19. The van der Waals surface area contributed by atoms with Gasteiger partial charge in [0, 0.05) is 18.1 Å². The molecule has 3 aromatic rings. The van der Waals surface area contributed by atoms with Gasteiger partial charge in [-0.05, 0) is 56.2 Å². The zero-order valence-corrected chi connectivity index (χ0v) is 23.9. The van der Waals surface area contributed by atoms with Crippen molar-refractivity contribution < 1.29 is 18.0 Å². The summed E-state index contributed by atoms with van der Waals surface area (Å²) in [6.45, 7) is 5.27. The second-order valence-corrected chi connectivity index (χ2v) is 11.4. The molecule has 0 aliphatic heterocycles. The maximum absolute atomic E-state index is 13.9. The molecule has 1 atom stereocenters. The van der Waals surface area contributed by atoms with E-state index in [0.29, 0.717) is 23.6 Å². The third-order valence-corrected chi connectivity index (χ3v) is 8.51. The standard InChI is InChI=1S/C28H31Cl2N3O4S/c1-4-25(28(35)31-5-2)32(18-21-10-6-7-11-23(21)29)27(34)19-33(26-13-9-8-12-24(26)30)38(36,37)22-16-14-20(3)15-17-22/h6-17,25H,4-5,18-19H2,1-3H3,(H,31,35)/t25-/m0/s1. The first kappa shape index (κ1) is 29.5. The van der Waals surface area contributed by atoms with Gasteiger partial charge in [0.25, 0.3) is 10.0 Å². The zero-order valence-electron chi connectivity index (χ0n) is 21.5. The number of anilines is 1. The fourth-order valence-corrected chi connectivity index (χ4v) is 5.94. The zero-order chi connectivity index (χ0) is 27.9. The van der Waals surface area contributed by atoms with Crippen LogP contribution in [0.1, 0.15) is 31.4 Å². The highest BCUT2D eigenvalue weighted by atomic mass is 35.5. The number of benzene rings is 3. The van der Waals surface area contributed by atoms with E-state index in [1.54, 1.807) is 74.5 Å². The largest absolute Gasteiger partial charge is 0.355 e. The minimum absolute atomic E-state index is 0.0178. The van der Waals surface area contributed by atoms with Crippen molar-refractivity contribution in [3.05, 3.63) is 94.0 Å². The van der Waals surface area contributed by atoms with Gasteiger partial charge in [-0.1, -0.05) is 78.2 Å². The maximum Gasteiger partial charge on any atom is 0.264 e. The van der Waals surface area contributed by atoms with Gasteiger partial charge < -0.3 is 10.2 Å². The number of amides is 2. The van der Waals surface area contributed by atoms with E-state index in [2.05, 4.69) is 5.32 Å². The van der Waals surface area contributed by atoms with Gasteiger partial charge in [0.15, 0.2) is 0 Å². The van der Waals surface area contributed by atoms with Crippen molar-refractivity contribution in [1.82, 2.24) is 10.2 Å². The third-order valence-electron chi connectivity index (χ3n) is 6.04. The Morgan fingerprint density at radius 2 is 1.50 bits per heavy atom. The molecule has 3 aromatic carbocycles. The van der Waals surface area contributed by atoms with E-state index in [1.165, 1.54) is 17.0 Å². The normalized spacial score (nSPS) is 12.0. The molecule has 0 aliphatic carbocycles. The van der Waals surface area contributed by atoms with Crippen LogP contribution >= 0.6 is 23.2 Å². The van der Waals surface area contributed by atoms with E-state index in [0.717, 1.165) is 9.87 Å². The summed E-state index contributed by atoms with van der Waals surface area (Å²) >= 11 is 12.8. The number of rotatable bonds is 11. The van der Waals surface area contributed by atoms with Crippen molar-refractivity contribution in [2.24, 2.45) is 0 Å². The van der Waals surface area contributed by atoms with E-state index in [-0.39, 0.29) is 28.1 Å². The molecule has 0 heterocycles. The van der Waals surface area contributed by atoms with Crippen LogP contribution in [0, 0.1) is 6.92 Å². The van der Waals surface area contributed by atoms with Gasteiger partial charge >= 0.3 is 0 Å². The molecular weight excluding hydrogens is 545 g/mol. The lowest BCUT2D eigenvalue weighted by Crippen LogP contribution is -2.52. The molecule has 38 heavy (non-hydrogen) atoms. The topological polar surface area (TPSA) is 86.8 Å². The molecule has 0 aliphatic rings. The fourth-order valence-electron chi connectivity index (χ4n) is 4.03. The van der Waals surface area contributed by atoms with E-state index >= 15 is 0 Å². The maximum atomic E-state index is 13.9. The number of halogens is 2. The third kappa shape index (κ3) is 6.87. The number of likely N-dealkylation sites (N-methyl/N-ethyl adjacent to an activating group) is 1. The predicted octanol–water partition coefficient (Wildman–Crippen LogP) is 5.44. The Bertz CT molecular complexity index is 1380. The van der Waals surface area contributed by atoms with Crippen molar-refractivity contribution >= 4 is 50.7 Å². The molecule has 0 saturated heterocycles. The fraction of sp³-hybridized carbons (Fsp3) is 0.286. The lowest BCUT2D eigenvalue weighted by Gasteiger charge is -2.33. The summed E-state index contributed by atoms with van der Waals surface area (Å²) in [5.74, 6) is -0.903. The number of nitrogens with zero attached hydrogens (tertiary/aromatic N) is 2. The van der Waals surface area contributed by atoms with Crippen molar-refractivity contribution in [1.29, 1.82) is 0 Å². The van der Waals surface area contributed by atoms with E-state index in [1.807, 2.05) is 6.92 Å². The van der Waals surface area contributed by atoms with Crippen LogP contribution in [-0.2, 0) is 26.2 Å². The monoisotopic (exact) mass is 575 g/mol. The molecule has 202 valence electrons. The lowest BCUT2D eigenvalue weighted by molar-refractivity contribution is -0.140. The van der Waals surface area contributed by atoms with Crippen molar-refractivity contribution in [3.8, 4) is 0 Å². The molecule has 10 heteroatoms. The van der Waals surface area contributed by atoms with Crippen LogP contribution in [0.3, 0.4) is 0 Å². The second-order valence-electron chi connectivity index (χ2n) is 8.71. The molecule has 7 nitrogen and oxygen atoms in total. The number of hydrogen-bond donors (Lipinski definition) is 1. The molecule has 0 radical (unpaired) electrons. The molecule has 1 N–H and O–H groups in total. The molecule has 0 fully saturated rings. The van der Waals surface area contributed by atoms with Crippen molar-refractivity contribution in [2.75, 3.05) is 17.4 Å². The SMILES string of the molecule is CCNC(=O)[C@H](CC)N(Cc1ccccc1Cl)C(=O)CN(c1ccccc1Cl)S(=O)(=O)c1ccc(C)cc1. The summed E-state index contributed by atoms with van der Waals surface area (Å²) in [6, 6.07) is 19.0. The summed E-state index contributed by atoms with van der Waals surface area (Å²) in [7, 11) is -4.19. The van der Waals surface area contributed by atoms with Crippen LogP contribution in [-0.4, -0.2) is 44.3 Å². The molecule has 0 spiro atoms. The number of hydrogen-bond acceptors (Lipinski definition) is 4. The van der Waals surface area contributed by atoms with Crippen molar-refractivity contribution in [2.45, 2.75) is 44.7 Å². The van der Waals surface area contributed by atoms with Crippen LogP contribution in [0.2, 0.25) is 10.0 Å². The Kier molecular flexibility index (Phi) is 10.2. The predicted molar refractivity (Wildman–Crippen MR) is 152 cm³/mol. The Morgan fingerprint density at radius 3 is 2.08 bits per heavy atom. The van der Waals surface area contributed by atoms with Crippen LogP contribution in [0.25, 0.3) is 0 Å². The molecule has 0 saturated carbocycles. The highest BCUT2D eigenvalue weighted by molar-refractivity contribution is 7.92. The first-order valence-electron chi connectivity index (χ1n) is 12.2. The Labute approximate surface area is 234 Å². The average molecular weight is 577 g/mol. The number of carbonyl (C=O) groups is 2. The average Bonchev–Trinajstić information content (AvgIpc) is 2.89. The molecule has 0 unspecified atom stereocenters. The highest BCUT2D eigenvalue weighted by Gasteiger charge is 2.34. The first-order valence-corrected chi connectivity index (χ1v) is 14.4. The Balaban J connectivity index is 2.08. The molecule has 3 rings (SSSR count). The van der Waals surface area contributed by atoms with Gasteiger partial charge in [0.05, 0.1) is 15.6 Å². The van der Waals surface area contributed by atoms with Gasteiger partial charge in [0.1, 0.15) is 12.6 Å². The molecular formula is C28H31Cl2N3O4S. The summed E-state index contributed by atoms with van der Waals surface area (Å²) in [5, 5.41) is 3.38. The van der Waals surface area contributed by atoms with Gasteiger partial charge in [0.2, 0.25) is 11.8 Å². The molecule has 2 amide bonds. The minimum Gasteiger partial charge on any atom is -0.355 e. The Morgan fingerprint density at radius 1 is 0.895 bits per heavy atom. The van der Waals surface area contributed by atoms with Crippen LogP contribution < -0.4 is 9.62 Å². The van der Waals surface area contributed by atoms with E-state index in [4.69, 9.17) is 23.2 Å². The second kappa shape index (κ2) is 13.1. The summed E-state index contributed by atoms with van der Waals surface area (Å²) in [6.07, 6.45) is 0.318. The van der Waals surface area contributed by atoms with Crippen LogP contribution in [0.4, 0.5) is 5.69 Å². The Hall–Kier alpha value is -3.07. The highest BCUT2D eigenvalue weighted by Crippen LogP contribution is 2.31. The number of nitrogens with one attached hydrogen (secondary N) is 1. The van der Waals surface area contributed by atoms with E-state index in [9.17, 15) is 18.0 Å². The molecule has 0 bridgehead atoms. The van der Waals surface area contributed by atoms with Crippen LogP contribution in [0.5, 0.6) is 0 Å². The number of aryl methyl sites for hydroxylation is 1.